The molecule has 0 aliphatic rings. The Labute approximate surface area is 229 Å². The van der Waals surface area contributed by atoms with E-state index in [0.717, 1.165) is 11.1 Å². The van der Waals surface area contributed by atoms with Gasteiger partial charge in [0, 0.05) is 30.7 Å². The number of nitrogens with two attached hydrogens (primary N) is 1. The second kappa shape index (κ2) is 12.0. The minimum atomic E-state index is -1.63. The monoisotopic (exact) mass is 549 g/mol. The highest BCUT2D eigenvalue weighted by atomic mass is 28.3. The normalized spacial score (nSPS) is 12.1. The summed E-state index contributed by atoms with van der Waals surface area (Å²) in [4.78, 5) is 33.1. The number of ether oxygens (including phenoxy) is 2. The molecular formula is C27H35N7O4Si. The molecule has 206 valence electrons. The van der Waals surface area contributed by atoms with Crippen molar-refractivity contribution in [1.29, 1.82) is 0 Å². The molecule has 0 spiro atoms. The highest BCUT2D eigenvalue weighted by Crippen LogP contribution is 2.26. The maximum absolute atomic E-state index is 12.7. The molecule has 2 aromatic heterocycles. The van der Waals surface area contributed by atoms with Gasteiger partial charge in [0.1, 0.15) is 19.4 Å². The lowest BCUT2D eigenvalue weighted by Gasteiger charge is -2.23. The van der Waals surface area contributed by atoms with Crippen LogP contribution in [-0.2, 0) is 4.74 Å². The Balaban J connectivity index is 1.96. The largest absolute Gasteiger partial charge is 0.497 e. The molecule has 0 saturated heterocycles. The highest BCUT2D eigenvalue weighted by Gasteiger charge is 2.22. The van der Waals surface area contributed by atoms with E-state index in [0.29, 0.717) is 11.4 Å². The molecule has 1 aromatic carbocycles. The lowest BCUT2D eigenvalue weighted by molar-refractivity contribution is 0.0522. The van der Waals surface area contributed by atoms with Crippen molar-refractivity contribution in [3.05, 3.63) is 59.8 Å². The first kappa shape index (κ1) is 29.2. The lowest BCUT2D eigenvalue weighted by Crippen LogP contribution is -2.36. The van der Waals surface area contributed by atoms with Gasteiger partial charge in [-0.15, -0.1) is 5.54 Å². The summed E-state index contributed by atoms with van der Waals surface area (Å²) in [5, 5.41) is 10.0. The van der Waals surface area contributed by atoms with Crippen LogP contribution >= 0.6 is 0 Å². The SMILES string of the molecule is COc1cc(C#C[Si](C)(C)C)cc(C(CNC(=O)OC(C)(C)C)n2cc(NC(=O)c3nccnc3N)cn2)c1. The van der Waals surface area contributed by atoms with Gasteiger partial charge in [0.05, 0.1) is 25.0 Å². The summed E-state index contributed by atoms with van der Waals surface area (Å²) in [6.07, 6.45) is 5.38. The molecule has 0 aliphatic heterocycles. The number of alkyl carbamates (subject to hydrolysis) is 1. The number of hydrogen-bond donors (Lipinski definition) is 3. The van der Waals surface area contributed by atoms with E-state index in [1.54, 1.807) is 38.8 Å². The molecular weight excluding hydrogens is 514 g/mol. The smallest absolute Gasteiger partial charge is 0.407 e. The van der Waals surface area contributed by atoms with Gasteiger partial charge >= 0.3 is 6.09 Å². The number of carbonyl (C=O) groups is 2. The molecule has 0 saturated carbocycles. The summed E-state index contributed by atoms with van der Waals surface area (Å²) < 4.78 is 12.6. The van der Waals surface area contributed by atoms with Gasteiger partial charge in [-0.05, 0) is 44.5 Å². The molecule has 2 amide bonds. The first-order valence-corrected chi connectivity index (χ1v) is 15.8. The molecule has 0 aliphatic carbocycles. The molecule has 0 fully saturated rings. The Morgan fingerprint density at radius 1 is 1.15 bits per heavy atom. The molecule has 3 aromatic rings. The minimum Gasteiger partial charge on any atom is -0.497 e. The van der Waals surface area contributed by atoms with E-state index in [2.05, 4.69) is 56.8 Å². The number of carbonyl (C=O) groups excluding carboxylic acids is 2. The lowest BCUT2D eigenvalue weighted by atomic mass is 10.0. The Hall–Kier alpha value is -4.37. The average Bonchev–Trinajstić information content (AvgIpc) is 3.29. The van der Waals surface area contributed by atoms with Crippen LogP contribution in [0.25, 0.3) is 0 Å². The zero-order valence-electron chi connectivity index (χ0n) is 23.3. The number of nitrogens with one attached hydrogen (secondary N) is 2. The zero-order valence-corrected chi connectivity index (χ0v) is 24.3. The van der Waals surface area contributed by atoms with Crippen molar-refractivity contribution >= 4 is 31.6 Å². The van der Waals surface area contributed by atoms with Crippen LogP contribution in [0.1, 0.15) is 48.4 Å². The minimum absolute atomic E-state index is 0.00630. The molecule has 2 heterocycles. The number of benzene rings is 1. The van der Waals surface area contributed by atoms with Crippen molar-refractivity contribution in [3.8, 4) is 17.2 Å². The van der Waals surface area contributed by atoms with Crippen molar-refractivity contribution in [2.75, 3.05) is 24.7 Å². The quantitative estimate of drug-likeness (QED) is 0.297. The maximum Gasteiger partial charge on any atom is 0.407 e. The van der Waals surface area contributed by atoms with E-state index < -0.39 is 31.7 Å². The van der Waals surface area contributed by atoms with E-state index in [9.17, 15) is 9.59 Å². The van der Waals surface area contributed by atoms with E-state index >= 15 is 0 Å². The summed E-state index contributed by atoms with van der Waals surface area (Å²) >= 11 is 0. The Morgan fingerprint density at radius 2 is 1.87 bits per heavy atom. The fourth-order valence-corrected chi connectivity index (χ4v) is 3.93. The molecule has 12 heteroatoms. The summed E-state index contributed by atoms with van der Waals surface area (Å²) in [5.74, 6) is 3.38. The van der Waals surface area contributed by atoms with Gasteiger partial charge in [0.2, 0.25) is 0 Å². The van der Waals surface area contributed by atoms with Gasteiger partial charge in [0.15, 0.2) is 11.5 Å². The number of methoxy groups -OCH3 is 1. The molecule has 0 radical (unpaired) electrons. The van der Waals surface area contributed by atoms with Gasteiger partial charge in [-0.1, -0.05) is 25.6 Å². The summed E-state index contributed by atoms with van der Waals surface area (Å²) in [6.45, 7) is 12.0. The van der Waals surface area contributed by atoms with Crippen LogP contribution in [-0.4, -0.2) is 59.1 Å². The van der Waals surface area contributed by atoms with Crippen LogP contribution in [0, 0.1) is 11.5 Å². The van der Waals surface area contributed by atoms with Crippen molar-refractivity contribution in [2.24, 2.45) is 0 Å². The number of hydrogen-bond acceptors (Lipinski definition) is 8. The maximum atomic E-state index is 12.7. The summed E-state index contributed by atoms with van der Waals surface area (Å²) in [6, 6.07) is 5.19. The number of amides is 2. The molecule has 4 N–H and O–H groups in total. The third-order valence-electron chi connectivity index (χ3n) is 5.09. The molecule has 1 atom stereocenters. The topological polar surface area (TPSA) is 146 Å². The van der Waals surface area contributed by atoms with Crippen LogP contribution in [0.15, 0.2) is 43.0 Å². The van der Waals surface area contributed by atoms with Crippen LogP contribution in [0.3, 0.4) is 0 Å². The Kier molecular flexibility index (Phi) is 8.98. The van der Waals surface area contributed by atoms with Crippen molar-refractivity contribution in [1.82, 2.24) is 25.1 Å². The van der Waals surface area contributed by atoms with E-state index in [1.807, 2.05) is 18.2 Å². The van der Waals surface area contributed by atoms with Crippen LogP contribution in [0.4, 0.5) is 16.3 Å². The van der Waals surface area contributed by atoms with Crippen molar-refractivity contribution in [2.45, 2.75) is 52.1 Å². The van der Waals surface area contributed by atoms with Crippen LogP contribution in [0.2, 0.25) is 19.6 Å². The highest BCUT2D eigenvalue weighted by molar-refractivity contribution is 6.83. The van der Waals surface area contributed by atoms with E-state index in [1.165, 1.54) is 18.6 Å². The first-order chi connectivity index (χ1) is 18.2. The number of nitrogens with zero attached hydrogens (tertiary/aromatic N) is 4. The number of aromatic nitrogens is 4. The van der Waals surface area contributed by atoms with Gasteiger partial charge in [-0.3, -0.25) is 9.48 Å². The van der Waals surface area contributed by atoms with E-state index in [-0.39, 0.29) is 18.1 Å². The van der Waals surface area contributed by atoms with Crippen molar-refractivity contribution < 1.29 is 19.1 Å². The Morgan fingerprint density at radius 3 is 2.51 bits per heavy atom. The summed E-state index contributed by atoms with van der Waals surface area (Å²) in [7, 11) is -0.0395. The fraction of sp³-hybridized carbons (Fsp3) is 0.370. The zero-order chi connectivity index (χ0) is 28.8. The van der Waals surface area contributed by atoms with Crippen LogP contribution < -0.4 is 21.1 Å². The third kappa shape index (κ3) is 8.86. The third-order valence-corrected chi connectivity index (χ3v) is 5.97. The predicted octanol–water partition coefficient (Wildman–Crippen LogP) is 3.86. The van der Waals surface area contributed by atoms with Crippen molar-refractivity contribution in [3.63, 3.8) is 0 Å². The second-order valence-electron chi connectivity index (χ2n) is 10.8. The molecule has 0 bridgehead atoms. The first-order valence-electron chi connectivity index (χ1n) is 12.3. The van der Waals surface area contributed by atoms with E-state index in [4.69, 9.17) is 15.2 Å². The van der Waals surface area contributed by atoms with Gasteiger partial charge in [0.25, 0.3) is 5.91 Å². The summed E-state index contributed by atoms with van der Waals surface area (Å²) in [5.41, 5.74) is 10.5. The Bertz CT molecular complexity index is 1400. The molecule has 3 rings (SSSR count). The predicted molar refractivity (Wildman–Crippen MR) is 152 cm³/mol. The average molecular weight is 550 g/mol. The molecule has 39 heavy (non-hydrogen) atoms. The second-order valence-corrected chi connectivity index (χ2v) is 15.6. The van der Waals surface area contributed by atoms with Gasteiger partial charge in [-0.2, -0.15) is 5.10 Å². The molecule has 1 unspecified atom stereocenters. The molecule has 11 nitrogen and oxygen atoms in total. The number of nitrogen functional groups attached to an aromatic ring is 1. The van der Waals surface area contributed by atoms with Crippen LogP contribution in [0.5, 0.6) is 5.75 Å². The number of rotatable bonds is 7. The van der Waals surface area contributed by atoms with Gasteiger partial charge < -0.3 is 25.8 Å². The fourth-order valence-electron chi connectivity index (χ4n) is 3.41. The van der Waals surface area contributed by atoms with Gasteiger partial charge in [-0.25, -0.2) is 14.8 Å². The standard InChI is InChI=1S/C27H35N7O4Si/c1-27(2,3)38-26(36)31-16-22(19-12-18(8-11-39(5,6)7)13-21(14-19)37-4)34-17-20(15-32-34)33-25(35)23-24(28)30-10-9-29-23/h9-10,12-15,17,22H,16H2,1-7H3,(H2,28,30)(H,31,36)(H,33,35). The number of anilines is 2.